The predicted molar refractivity (Wildman–Crippen MR) is 207 cm³/mol. The molecule has 2 aliphatic heterocycles. The Morgan fingerprint density at radius 2 is 1.24 bits per heavy atom. The monoisotopic (exact) mass is 785 g/mol. The average molecular weight is 786 g/mol. The molecule has 0 radical (unpaired) electrons. The molecule has 0 aromatic carbocycles. The zero-order valence-electron chi connectivity index (χ0n) is 34.6. The van der Waals surface area contributed by atoms with Gasteiger partial charge < -0.3 is 44.1 Å². The molecule has 0 unspecified atom stereocenters. The molecule has 0 saturated carbocycles. The molecule has 54 heavy (non-hydrogen) atoms. The van der Waals surface area contributed by atoms with Gasteiger partial charge in [-0.1, -0.05) is 59.3 Å². The van der Waals surface area contributed by atoms with Crippen molar-refractivity contribution in [1.29, 1.82) is 0 Å². The Bertz CT molecular complexity index is 1190. The van der Waals surface area contributed by atoms with E-state index in [0.29, 0.717) is 51.6 Å². The molecule has 14 nitrogen and oxygen atoms in total. The van der Waals surface area contributed by atoms with Crippen molar-refractivity contribution >= 4 is 38.2 Å². The van der Waals surface area contributed by atoms with E-state index in [9.17, 15) is 24.0 Å². The highest BCUT2D eigenvalue weighted by Gasteiger charge is 2.55. The minimum Gasteiger partial charge on any atom is -0.460 e. The summed E-state index contributed by atoms with van der Waals surface area (Å²) in [6.45, 7) is 19.1. The Kier molecular flexibility index (Phi) is 20.5. The molecule has 2 fully saturated rings. The Balaban J connectivity index is 1.56. The first kappa shape index (κ1) is 47.4. The Morgan fingerprint density at radius 3 is 1.78 bits per heavy atom. The van der Waals surface area contributed by atoms with E-state index >= 15 is 0 Å². The van der Waals surface area contributed by atoms with Crippen LogP contribution in [0.4, 0.5) is 4.79 Å². The second kappa shape index (κ2) is 23.3. The number of ether oxygens (including phenoxy) is 5. The molecular formula is C39H71N3O11Si. The normalized spacial score (nSPS) is 21.4. The summed E-state index contributed by atoms with van der Waals surface area (Å²) in [6, 6.07) is -0.766. The lowest BCUT2D eigenvalue weighted by Gasteiger charge is -2.43. The Hall–Kier alpha value is -2.75. The van der Waals surface area contributed by atoms with Gasteiger partial charge in [-0.3, -0.25) is 19.2 Å². The van der Waals surface area contributed by atoms with Crippen LogP contribution in [-0.4, -0.2) is 101 Å². The van der Waals surface area contributed by atoms with Gasteiger partial charge in [0.25, 0.3) is 0 Å². The fraction of sp³-hybridized carbons (Fsp3) is 0.872. The number of hydrogen-bond acceptors (Lipinski definition) is 11. The summed E-state index contributed by atoms with van der Waals surface area (Å²) in [6.07, 6.45) is 7.47. The van der Waals surface area contributed by atoms with E-state index in [2.05, 4.69) is 49.8 Å². The van der Waals surface area contributed by atoms with E-state index in [4.69, 9.17) is 28.1 Å². The number of amides is 3. The highest BCUT2D eigenvalue weighted by atomic mass is 28.4. The lowest BCUT2D eigenvalue weighted by molar-refractivity contribution is -0.249. The summed E-state index contributed by atoms with van der Waals surface area (Å²) in [5.74, 6) is -0.486. The van der Waals surface area contributed by atoms with E-state index in [-0.39, 0.29) is 41.9 Å². The summed E-state index contributed by atoms with van der Waals surface area (Å²) >= 11 is 0. The van der Waals surface area contributed by atoms with Crippen LogP contribution in [0, 0.1) is 0 Å². The molecule has 0 aromatic rings. The standard InChI is InChI=1S/C39H71N3O11Si/c1-28(43)42-33-35-34(51-37(47)52-35)29(27-49-54(8,9)39(5,6)7)50-36(33)48-26-19-18-22-31(45)41-25-20-24-40-30(44)21-16-14-12-10-11-13-15-17-23-32(46)53-38(2,3)4/h29,33-36H,10-27H2,1-9H3,(H,40,44)(H,41,45)(H,42,43)/t29-,33-,34+,35-,36-/m1/s1. The van der Waals surface area contributed by atoms with Gasteiger partial charge in [-0.05, 0) is 71.0 Å². The van der Waals surface area contributed by atoms with Crippen LogP contribution >= 0.6 is 0 Å². The first-order chi connectivity index (χ1) is 25.3. The molecule has 2 aliphatic rings. The summed E-state index contributed by atoms with van der Waals surface area (Å²) in [7, 11) is -2.14. The van der Waals surface area contributed by atoms with Gasteiger partial charge >= 0.3 is 12.1 Å². The zero-order valence-corrected chi connectivity index (χ0v) is 35.6. The summed E-state index contributed by atoms with van der Waals surface area (Å²) in [4.78, 5) is 60.4. The van der Waals surface area contributed by atoms with Crippen LogP contribution < -0.4 is 16.0 Å². The van der Waals surface area contributed by atoms with Crippen LogP contribution in [-0.2, 0) is 47.3 Å². The highest BCUT2D eigenvalue weighted by molar-refractivity contribution is 6.74. The summed E-state index contributed by atoms with van der Waals surface area (Å²) < 4.78 is 34.9. The quantitative estimate of drug-likeness (QED) is 0.0546. The molecule has 3 amide bonds. The van der Waals surface area contributed by atoms with Crippen LogP contribution in [0.5, 0.6) is 0 Å². The molecule has 0 bridgehead atoms. The largest absolute Gasteiger partial charge is 0.509 e. The average Bonchev–Trinajstić information content (AvgIpc) is 3.45. The van der Waals surface area contributed by atoms with Crippen LogP contribution in [0.1, 0.15) is 138 Å². The van der Waals surface area contributed by atoms with Crippen molar-refractivity contribution in [3.05, 3.63) is 0 Å². The van der Waals surface area contributed by atoms with Crippen molar-refractivity contribution in [2.24, 2.45) is 0 Å². The van der Waals surface area contributed by atoms with Gasteiger partial charge in [-0.2, -0.15) is 0 Å². The molecular weight excluding hydrogens is 715 g/mol. The first-order valence-corrected chi connectivity index (χ1v) is 23.0. The second-order valence-corrected chi connectivity index (χ2v) is 21.9. The Morgan fingerprint density at radius 1 is 0.722 bits per heavy atom. The molecule has 0 spiro atoms. The molecule has 0 aromatic heterocycles. The van der Waals surface area contributed by atoms with Crippen LogP contribution in [0.2, 0.25) is 18.1 Å². The lowest BCUT2D eigenvalue weighted by atomic mass is 9.97. The number of unbranched alkanes of at least 4 members (excludes halogenated alkanes) is 8. The van der Waals surface area contributed by atoms with Gasteiger partial charge in [0.15, 0.2) is 26.8 Å². The maximum atomic E-state index is 12.4. The molecule has 5 atom stereocenters. The van der Waals surface area contributed by atoms with Crippen molar-refractivity contribution in [2.45, 2.75) is 193 Å². The van der Waals surface area contributed by atoms with Gasteiger partial charge in [-0.25, -0.2) is 4.79 Å². The molecule has 2 rings (SSSR count). The molecule has 0 aliphatic carbocycles. The summed E-state index contributed by atoms with van der Waals surface area (Å²) in [5.41, 5.74) is -0.422. The number of carbonyl (C=O) groups is 5. The van der Waals surface area contributed by atoms with Crippen LogP contribution in [0.15, 0.2) is 0 Å². The first-order valence-electron chi connectivity index (χ1n) is 20.1. The zero-order chi connectivity index (χ0) is 40.4. The van der Waals surface area contributed by atoms with Gasteiger partial charge in [0.1, 0.15) is 17.7 Å². The molecule has 15 heteroatoms. The maximum absolute atomic E-state index is 12.4. The number of esters is 1. The van der Waals surface area contributed by atoms with Crippen molar-refractivity contribution in [3.63, 3.8) is 0 Å². The second-order valence-electron chi connectivity index (χ2n) is 17.1. The number of hydrogen-bond donors (Lipinski definition) is 3. The number of carbonyl (C=O) groups excluding carboxylic acids is 5. The van der Waals surface area contributed by atoms with Crippen molar-refractivity contribution < 1.29 is 52.1 Å². The third-order valence-electron chi connectivity index (χ3n) is 9.93. The third-order valence-corrected chi connectivity index (χ3v) is 14.4. The van der Waals surface area contributed by atoms with Gasteiger partial charge in [0.05, 0.1) is 6.61 Å². The highest BCUT2D eigenvalue weighted by Crippen LogP contribution is 2.38. The maximum Gasteiger partial charge on any atom is 0.509 e. The molecule has 2 heterocycles. The van der Waals surface area contributed by atoms with E-state index in [1.807, 2.05) is 20.8 Å². The van der Waals surface area contributed by atoms with Crippen molar-refractivity contribution in [2.75, 3.05) is 26.3 Å². The number of rotatable bonds is 25. The van der Waals surface area contributed by atoms with Gasteiger partial charge in [-0.15, -0.1) is 0 Å². The van der Waals surface area contributed by atoms with E-state index in [1.54, 1.807) is 0 Å². The number of nitrogens with one attached hydrogen (secondary N) is 3. The predicted octanol–water partition coefficient (Wildman–Crippen LogP) is 6.19. The van der Waals surface area contributed by atoms with Crippen LogP contribution in [0.3, 0.4) is 0 Å². The van der Waals surface area contributed by atoms with E-state index < -0.39 is 50.7 Å². The third kappa shape index (κ3) is 18.7. The molecule has 312 valence electrons. The Labute approximate surface area is 324 Å². The fourth-order valence-corrected chi connectivity index (χ4v) is 6.94. The SMILES string of the molecule is CC(=O)N[C@H]1[C@H](OCCCCC(=O)NCCCNC(=O)CCCCCCCCCCC(=O)OC(C)(C)C)O[C@H](CO[Si](C)(C)C(C)(C)C)[C@@H]2OC(=O)O[C@H]12. The van der Waals surface area contributed by atoms with Crippen molar-refractivity contribution in [1.82, 2.24) is 16.0 Å². The van der Waals surface area contributed by atoms with Crippen LogP contribution in [0.25, 0.3) is 0 Å². The summed E-state index contributed by atoms with van der Waals surface area (Å²) in [5, 5.41) is 8.59. The number of fused-ring (bicyclic) bond motifs is 1. The smallest absolute Gasteiger partial charge is 0.460 e. The minimum atomic E-state index is -2.14. The molecule has 3 N–H and O–H groups in total. The van der Waals surface area contributed by atoms with Gasteiger partial charge in [0.2, 0.25) is 17.7 Å². The van der Waals surface area contributed by atoms with E-state index in [1.165, 1.54) is 6.92 Å². The minimum absolute atomic E-state index is 0.0309. The fourth-order valence-electron chi connectivity index (χ4n) is 5.92. The molecule has 2 saturated heterocycles. The van der Waals surface area contributed by atoms with Crippen molar-refractivity contribution in [3.8, 4) is 0 Å². The topological polar surface area (TPSA) is 177 Å². The van der Waals surface area contributed by atoms with Gasteiger partial charge in [0, 0.05) is 45.9 Å². The van der Waals surface area contributed by atoms with E-state index in [0.717, 1.165) is 51.4 Å². The lowest BCUT2D eigenvalue weighted by Crippen LogP contribution is -2.64.